The van der Waals surface area contributed by atoms with Crippen molar-refractivity contribution in [1.29, 1.82) is 0 Å². The van der Waals surface area contributed by atoms with E-state index < -0.39 is 4.92 Å². The number of carbonyl (C=O) groups excluding carboxylic acids is 1. The van der Waals surface area contributed by atoms with Gasteiger partial charge in [-0.25, -0.2) is 4.98 Å². The highest BCUT2D eigenvalue weighted by Crippen LogP contribution is 2.34. The van der Waals surface area contributed by atoms with Crippen LogP contribution in [0.4, 0.5) is 10.8 Å². The lowest BCUT2D eigenvalue weighted by molar-refractivity contribution is -0.384. The molecule has 1 amide bonds. The van der Waals surface area contributed by atoms with E-state index in [9.17, 15) is 14.9 Å². The Kier molecular flexibility index (Phi) is 3.11. The fourth-order valence-corrected chi connectivity index (χ4v) is 3.19. The summed E-state index contributed by atoms with van der Waals surface area (Å²) in [5.41, 5.74) is 0.495. The third-order valence-electron chi connectivity index (χ3n) is 3.26. The summed E-state index contributed by atoms with van der Waals surface area (Å²) >= 11 is 1.32. The molecule has 1 unspecified atom stereocenters. The Bertz CT molecular complexity index is 699. The molecule has 7 nitrogen and oxygen atoms in total. The number of aliphatic hydroxyl groups is 1. The summed E-state index contributed by atoms with van der Waals surface area (Å²) in [6, 6.07) is 4.46. The zero-order chi connectivity index (χ0) is 14.3. The number of thiazole rings is 1. The van der Waals surface area contributed by atoms with Gasteiger partial charge in [-0.2, -0.15) is 0 Å². The molecule has 1 aromatic heterocycles. The first-order chi connectivity index (χ1) is 9.58. The number of non-ortho nitro benzene ring substituents is 1. The quantitative estimate of drug-likeness (QED) is 0.684. The first kappa shape index (κ1) is 12.9. The van der Waals surface area contributed by atoms with Gasteiger partial charge in [0.2, 0.25) is 5.91 Å². The van der Waals surface area contributed by atoms with Crippen LogP contribution in [0.3, 0.4) is 0 Å². The van der Waals surface area contributed by atoms with Crippen LogP contribution in [0.5, 0.6) is 0 Å². The number of hydrogen-bond acceptors (Lipinski definition) is 6. The van der Waals surface area contributed by atoms with Crippen molar-refractivity contribution in [2.75, 3.05) is 18.1 Å². The van der Waals surface area contributed by atoms with Crippen molar-refractivity contribution >= 4 is 38.3 Å². The highest BCUT2D eigenvalue weighted by atomic mass is 32.1. The molecule has 3 rings (SSSR count). The van der Waals surface area contributed by atoms with Gasteiger partial charge in [-0.3, -0.25) is 19.8 Å². The Labute approximate surface area is 117 Å². The van der Waals surface area contributed by atoms with Crippen LogP contribution >= 0.6 is 11.3 Å². The molecule has 8 heteroatoms. The van der Waals surface area contributed by atoms with Gasteiger partial charge >= 0.3 is 0 Å². The topological polar surface area (TPSA) is 96.6 Å². The van der Waals surface area contributed by atoms with Gasteiger partial charge < -0.3 is 5.11 Å². The number of carbonyl (C=O) groups is 1. The van der Waals surface area contributed by atoms with E-state index in [4.69, 9.17) is 5.11 Å². The van der Waals surface area contributed by atoms with E-state index in [1.807, 2.05) is 0 Å². The summed E-state index contributed by atoms with van der Waals surface area (Å²) in [4.78, 5) is 28.0. The maximum atomic E-state index is 11.9. The Morgan fingerprint density at radius 2 is 2.35 bits per heavy atom. The van der Waals surface area contributed by atoms with Crippen molar-refractivity contribution in [2.45, 2.75) is 6.42 Å². The van der Waals surface area contributed by atoms with Crippen LogP contribution in [0.1, 0.15) is 6.42 Å². The summed E-state index contributed by atoms with van der Waals surface area (Å²) < 4.78 is 0.797. The number of nitro groups is 1. The summed E-state index contributed by atoms with van der Waals surface area (Å²) in [5, 5.41) is 20.4. The SMILES string of the molecule is O=C1CC(CO)CN1c1nc2cc([N+](=O)[O-])ccc2s1. The zero-order valence-corrected chi connectivity index (χ0v) is 11.2. The molecular formula is C12H11N3O4S. The van der Waals surface area contributed by atoms with E-state index in [1.165, 1.54) is 28.4 Å². The van der Waals surface area contributed by atoms with Gasteiger partial charge in [-0.05, 0) is 6.07 Å². The van der Waals surface area contributed by atoms with E-state index in [2.05, 4.69) is 4.98 Å². The number of fused-ring (bicyclic) bond motifs is 1. The number of rotatable bonds is 3. The standard InChI is InChI=1S/C12H11N3O4S/c16-6-7-3-11(17)14(5-7)12-13-9-4-8(15(18)19)1-2-10(9)20-12/h1-2,4,7,16H,3,5-6H2. The van der Waals surface area contributed by atoms with Crippen LogP contribution in [0.25, 0.3) is 10.2 Å². The molecule has 1 aromatic carbocycles. The van der Waals surface area contributed by atoms with Crippen molar-refractivity contribution in [1.82, 2.24) is 4.98 Å². The van der Waals surface area contributed by atoms with Crippen molar-refractivity contribution in [3.8, 4) is 0 Å². The molecule has 104 valence electrons. The second-order valence-electron chi connectivity index (χ2n) is 4.66. The molecule has 1 aliphatic rings. The second-order valence-corrected chi connectivity index (χ2v) is 5.67. The average molecular weight is 293 g/mol. The van der Waals surface area contributed by atoms with Gasteiger partial charge in [0, 0.05) is 37.6 Å². The van der Waals surface area contributed by atoms with Gasteiger partial charge in [0.1, 0.15) is 0 Å². The van der Waals surface area contributed by atoms with Crippen LogP contribution in [-0.2, 0) is 4.79 Å². The van der Waals surface area contributed by atoms with Crippen molar-refractivity contribution < 1.29 is 14.8 Å². The molecule has 0 radical (unpaired) electrons. The van der Waals surface area contributed by atoms with Gasteiger partial charge in [0.15, 0.2) is 5.13 Å². The lowest BCUT2D eigenvalue weighted by Crippen LogP contribution is -2.24. The fourth-order valence-electron chi connectivity index (χ4n) is 2.22. The molecule has 1 saturated heterocycles. The number of amides is 1. The van der Waals surface area contributed by atoms with Crippen LogP contribution < -0.4 is 4.90 Å². The van der Waals surface area contributed by atoms with E-state index in [-0.39, 0.29) is 24.1 Å². The number of nitro benzene ring substituents is 1. The van der Waals surface area contributed by atoms with Gasteiger partial charge in [-0.1, -0.05) is 11.3 Å². The lowest BCUT2D eigenvalue weighted by atomic mass is 10.1. The number of hydrogen-bond donors (Lipinski definition) is 1. The molecule has 0 bridgehead atoms. The van der Waals surface area contributed by atoms with Crippen molar-refractivity contribution in [2.24, 2.45) is 5.92 Å². The molecule has 2 aromatic rings. The van der Waals surface area contributed by atoms with Crippen LogP contribution in [0.2, 0.25) is 0 Å². The van der Waals surface area contributed by atoms with Gasteiger partial charge in [0.25, 0.3) is 5.69 Å². The normalized spacial score (nSPS) is 18.9. The minimum Gasteiger partial charge on any atom is -0.396 e. The van der Waals surface area contributed by atoms with E-state index in [0.717, 1.165) is 4.70 Å². The molecular weight excluding hydrogens is 282 g/mol. The van der Waals surface area contributed by atoms with Gasteiger partial charge in [0.05, 0.1) is 15.1 Å². The van der Waals surface area contributed by atoms with E-state index in [1.54, 1.807) is 6.07 Å². The number of aromatic nitrogens is 1. The number of nitrogens with zero attached hydrogens (tertiary/aromatic N) is 3. The predicted molar refractivity (Wildman–Crippen MR) is 73.8 cm³/mol. The van der Waals surface area contributed by atoms with Crippen LogP contribution in [0.15, 0.2) is 18.2 Å². The van der Waals surface area contributed by atoms with Crippen molar-refractivity contribution in [3.05, 3.63) is 28.3 Å². The minimum atomic E-state index is -0.471. The predicted octanol–water partition coefficient (Wildman–Crippen LogP) is 1.55. The average Bonchev–Trinajstić information content (AvgIpc) is 3.00. The zero-order valence-electron chi connectivity index (χ0n) is 10.4. The number of aliphatic hydroxyl groups excluding tert-OH is 1. The first-order valence-corrected chi connectivity index (χ1v) is 6.86. The molecule has 1 fully saturated rings. The summed E-state index contributed by atoms with van der Waals surface area (Å²) in [6.45, 7) is 0.413. The number of benzene rings is 1. The Morgan fingerprint density at radius 1 is 1.55 bits per heavy atom. The van der Waals surface area contributed by atoms with Crippen molar-refractivity contribution in [3.63, 3.8) is 0 Å². The smallest absolute Gasteiger partial charge is 0.271 e. The molecule has 1 atom stereocenters. The highest BCUT2D eigenvalue weighted by molar-refractivity contribution is 7.22. The maximum absolute atomic E-state index is 11.9. The monoisotopic (exact) mass is 293 g/mol. The van der Waals surface area contributed by atoms with Crippen LogP contribution in [0, 0.1) is 16.0 Å². The second kappa shape index (κ2) is 4.80. The fraction of sp³-hybridized carbons (Fsp3) is 0.333. The molecule has 0 spiro atoms. The molecule has 0 aliphatic carbocycles. The van der Waals surface area contributed by atoms with E-state index in [0.29, 0.717) is 23.6 Å². The van der Waals surface area contributed by atoms with Crippen LogP contribution in [-0.4, -0.2) is 34.1 Å². The molecule has 2 heterocycles. The largest absolute Gasteiger partial charge is 0.396 e. The molecule has 20 heavy (non-hydrogen) atoms. The summed E-state index contributed by atoms with van der Waals surface area (Å²) in [6.07, 6.45) is 0.312. The third kappa shape index (κ3) is 2.12. The summed E-state index contributed by atoms with van der Waals surface area (Å²) in [7, 11) is 0. The Balaban J connectivity index is 1.97. The summed E-state index contributed by atoms with van der Waals surface area (Å²) in [5.74, 6) is -0.138. The van der Waals surface area contributed by atoms with Gasteiger partial charge in [-0.15, -0.1) is 0 Å². The molecule has 0 saturated carbocycles. The maximum Gasteiger partial charge on any atom is 0.271 e. The molecule has 1 aliphatic heterocycles. The first-order valence-electron chi connectivity index (χ1n) is 6.04. The molecule has 1 N–H and O–H groups in total. The third-order valence-corrected chi connectivity index (χ3v) is 4.32. The minimum absolute atomic E-state index is 0.0182. The Hall–Kier alpha value is -2.06. The lowest BCUT2D eigenvalue weighted by Gasteiger charge is -2.11. The highest BCUT2D eigenvalue weighted by Gasteiger charge is 2.32. The Morgan fingerprint density at radius 3 is 3.00 bits per heavy atom. The van der Waals surface area contributed by atoms with E-state index >= 15 is 0 Å². The number of anilines is 1.